The minimum Gasteiger partial charge on any atom is -0.343 e. The standard InChI is InChI=1S/C14H12N2OS2/c1-15-10-6-4-3-5-9(10)7-8-11(15)12-13(17)16(2)14(18)19-12/h3-8H,1-2H3/b12-11+. The second-order valence-corrected chi connectivity index (χ2v) is 6.04. The van der Waals surface area contributed by atoms with Crippen LogP contribution < -0.4 is 4.90 Å². The van der Waals surface area contributed by atoms with E-state index in [2.05, 4.69) is 6.07 Å². The first kappa shape index (κ1) is 12.4. The number of fused-ring (bicyclic) bond motifs is 1. The molecule has 19 heavy (non-hydrogen) atoms. The van der Waals surface area contributed by atoms with E-state index in [1.54, 1.807) is 7.05 Å². The summed E-state index contributed by atoms with van der Waals surface area (Å²) in [4.78, 5) is 16.4. The lowest BCUT2D eigenvalue weighted by Gasteiger charge is -2.27. The maximum atomic E-state index is 12.2. The number of nitrogens with zero attached hydrogens (tertiary/aromatic N) is 2. The number of hydrogen-bond acceptors (Lipinski definition) is 4. The van der Waals surface area contributed by atoms with Crippen LogP contribution in [0.5, 0.6) is 0 Å². The third kappa shape index (κ3) is 1.89. The highest BCUT2D eigenvalue weighted by Crippen LogP contribution is 2.38. The number of carbonyl (C=O) groups is 1. The Balaban J connectivity index is 2.10. The van der Waals surface area contributed by atoms with Crippen LogP contribution in [0.4, 0.5) is 5.69 Å². The molecule has 0 aliphatic carbocycles. The topological polar surface area (TPSA) is 23.6 Å². The highest BCUT2D eigenvalue weighted by Gasteiger charge is 2.33. The van der Waals surface area contributed by atoms with Gasteiger partial charge in [-0.3, -0.25) is 9.69 Å². The molecule has 2 aliphatic rings. The predicted molar refractivity (Wildman–Crippen MR) is 83.9 cm³/mol. The average Bonchev–Trinajstić information content (AvgIpc) is 2.67. The Morgan fingerprint density at radius 2 is 1.84 bits per heavy atom. The van der Waals surface area contributed by atoms with Crippen molar-refractivity contribution < 1.29 is 4.79 Å². The molecule has 0 aromatic heterocycles. The Morgan fingerprint density at radius 1 is 1.11 bits per heavy atom. The van der Waals surface area contributed by atoms with Gasteiger partial charge < -0.3 is 4.90 Å². The van der Waals surface area contributed by atoms with Gasteiger partial charge in [0.1, 0.15) is 9.23 Å². The van der Waals surface area contributed by atoms with Crippen molar-refractivity contribution >= 4 is 46.0 Å². The molecular formula is C14H12N2OS2. The van der Waals surface area contributed by atoms with Crippen molar-refractivity contribution in [3.05, 3.63) is 46.5 Å². The Morgan fingerprint density at radius 3 is 2.53 bits per heavy atom. The van der Waals surface area contributed by atoms with Crippen LogP contribution in [0.15, 0.2) is 40.9 Å². The van der Waals surface area contributed by atoms with Crippen molar-refractivity contribution in [2.75, 3.05) is 19.0 Å². The number of hydrogen-bond donors (Lipinski definition) is 0. The molecule has 0 radical (unpaired) electrons. The summed E-state index contributed by atoms with van der Waals surface area (Å²) in [6.07, 6.45) is 4.01. The third-order valence-electron chi connectivity index (χ3n) is 3.27. The zero-order chi connectivity index (χ0) is 13.6. The normalized spacial score (nSPS) is 22.2. The molecule has 3 nitrogen and oxygen atoms in total. The molecule has 1 saturated heterocycles. The van der Waals surface area contributed by atoms with Crippen molar-refractivity contribution in [2.45, 2.75) is 0 Å². The van der Waals surface area contributed by atoms with E-state index in [1.165, 1.54) is 16.7 Å². The van der Waals surface area contributed by atoms with Gasteiger partial charge in [-0.1, -0.05) is 48.3 Å². The number of para-hydroxylation sites is 1. The zero-order valence-corrected chi connectivity index (χ0v) is 12.2. The molecule has 3 rings (SSSR count). The molecule has 0 spiro atoms. The molecule has 0 N–H and O–H groups in total. The monoisotopic (exact) mass is 288 g/mol. The first-order valence-electron chi connectivity index (χ1n) is 5.84. The van der Waals surface area contributed by atoms with Gasteiger partial charge in [-0.2, -0.15) is 0 Å². The van der Waals surface area contributed by atoms with Crippen LogP contribution in [0.2, 0.25) is 0 Å². The Bertz CT molecular complexity index is 649. The van der Waals surface area contributed by atoms with Crippen molar-refractivity contribution in [3.63, 3.8) is 0 Å². The van der Waals surface area contributed by atoms with Gasteiger partial charge in [0.05, 0.1) is 5.70 Å². The number of thiocarbonyl (C=S) groups is 1. The van der Waals surface area contributed by atoms with E-state index in [9.17, 15) is 4.79 Å². The van der Waals surface area contributed by atoms with Crippen molar-refractivity contribution in [1.82, 2.24) is 4.90 Å². The molecule has 1 amide bonds. The number of anilines is 1. The largest absolute Gasteiger partial charge is 0.343 e. The van der Waals surface area contributed by atoms with Crippen LogP contribution in [-0.4, -0.2) is 29.2 Å². The fourth-order valence-electron chi connectivity index (χ4n) is 2.17. The molecule has 0 unspecified atom stereocenters. The number of benzene rings is 1. The molecule has 96 valence electrons. The first-order valence-corrected chi connectivity index (χ1v) is 7.07. The molecule has 1 aromatic carbocycles. The maximum Gasteiger partial charge on any atom is 0.268 e. The summed E-state index contributed by atoms with van der Waals surface area (Å²) in [6, 6.07) is 8.11. The second-order valence-electron chi connectivity index (χ2n) is 4.40. The van der Waals surface area contributed by atoms with Gasteiger partial charge in [0.25, 0.3) is 5.91 Å². The molecule has 0 atom stereocenters. The highest BCUT2D eigenvalue weighted by molar-refractivity contribution is 8.26. The second kappa shape index (κ2) is 4.51. The van der Waals surface area contributed by atoms with Crippen LogP contribution in [-0.2, 0) is 4.79 Å². The lowest BCUT2D eigenvalue weighted by molar-refractivity contribution is -0.121. The summed E-state index contributed by atoms with van der Waals surface area (Å²) in [5.74, 6) is -0.0270. The Hall–Kier alpha value is -1.59. The molecule has 5 heteroatoms. The van der Waals surface area contributed by atoms with Crippen LogP contribution >= 0.6 is 24.0 Å². The number of carbonyl (C=O) groups excluding carboxylic acids is 1. The Labute approximate surface area is 121 Å². The minimum absolute atomic E-state index is 0.0270. The van der Waals surface area contributed by atoms with E-state index in [-0.39, 0.29) is 5.91 Å². The van der Waals surface area contributed by atoms with Gasteiger partial charge in [0, 0.05) is 19.8 Å². The SMILES string of the molecule is CN1C(=O)/C(=C2/C=Cc3ccccc3N2C)SC1=S. The molecule has 1 fully saturated rings. The highest BCUT2D eigenvalue weighted by atomic mass is 32.2. The van der Waals surface area contributed by atoms with Gasteiger partial charge in [0.15, 0.2) is 0 Å². The van der Waals surface area contributed by atoms with Gasteiger partial charge in [-0.25, -0.2) is 0 Å². The summed E-state index contributed by atoms with van der Waals surface area (Å²) in [5, 5.41) is 0. The van der Waals surface area contributed by atoms with Crippen LogP contribution in [0.3, 0.4) is 0 Å². The third-order valence-corrected chi connectivity index (χ3v) is 4.84. The summed E-state index contributed by atoms with van der Waals surface area (Å²) in [5.41, 5.74) is 3.16. The van der Waals surface area contributed by atoms with Crippen molar-refractivity contribution in [2.24, 2.45) is 0 Å². The summed E-state index contributed by atoms with van der Waals surface area (Å²) in [7, 11) is 3.69. The van der Waals surface area contributed by atoms with E-state index in [4.69, 9.17) is 12.2 Å². The van der Waals surface area contributed by atoms with E-state index in [0.717, 1.165) is 16.9 Å². The average molecular weight is 288 g/mol. The number of thioether (sulfide) groups is 1. The molecule has 2 aliphatic heterocycles. The van der Waals surface area contributed by atoms with Crippen LogP contribution in [0.1, 0.15) is 5.56 Å². The fraction of sp³-hybridized carbons (Fsp3) is 0.143. The molecule has 2 heterocycles. The van der Waals surface area contributed by atoms with Gasteiger partial charge in [0.2, 0.25) is 0 Å². The number of amides is 1. The van der Waals surface area contributed by atoms with Crippen LogP contribution in [0.25, 0.3) is 6.08 Å². The van der Waals surface area contributed by atoms with E-state index < -0.39 is 0 Å². The minimum atomic E-state index is -0.0270. The molecule has 0 bridgehead atoms. The lowest BCUT2D eigenvalue weighted by atomic mass is 10.1. The lowest BCUT2D eigenvalue weighted by Crippen LogP contribution is -2.25. The smallest absolute Gasteiger partial charge is 0.268 e. The fourth-order valence-corrected chi connectivity index (χ4v) is 3.43. The van der Waals surface area contributed by atoms with E-state index in [1.807, 2.05) is 42.3 Å². The van der Waals surface area contributed by atoms with Gasteiger partial charge in [-0.05, 0) is 17.7 Å². The Kier molecular flexibility index (Phi) is 2.95. The zero-order valence-electron chi connectivity index (χ0n) is 10.6. The summed E-state index contributed by atoms with van der Waals surface area (Å²) in [6.45, 7) is 0. The van der Waals surface area contributed by atoms with E-state index >= 15 is 0 Å². The number of rotatable bonds is 0. The molecule has 0 saturated carbocycles. The maximum absolute atomic E-state index is 12.2. The summed E-state index contributed by atoms with van der Waals surface area (Å²) < 4.78 is 0.605. The first-order chi connectivity index (χ1) is 9.09. The molecular weight excluding hydrogens is 276 g/mol. The number of allylic oxidation sites excluding steroid dienone is 1. The summed E-state index contributed by atoms with van der Waals surface area (Å²) >= 11 is 6.53. The van der Waals surface area contributed by atoms with Crippen molar-refractivity contribution in [1.29, 1.82) is 0 Å². The van der Waals surface area contributed by atoms with Crippen molar-refractivity contribution in [3.8, 4) is 0 Å². The van der Waals surface area contributed by atoms with Gasteiger partial charge >= 0.3 is 0 Å². The molecule has 1 aromatic rings. The van der Waals surface area contributed by atoms with E-state index in [0.29, 0.717) is 9.23 Å². The quantitative estimate of drug-likeness (QED) is 0.541. The predicted octanol–water partition coefficient (Wildman–Crippen LogP) is 2.85. The van der Waals surface area contributed by atoms with Gasteiger partial charge in [-0.15, -0.1) is 0 Å². The number of likely N-dealkylation sites (N-methyl/N-ethyl adjacent to an activating group) is 2. The van der Waals surface area contributed by atoms with Crippen LogP contribution in [0, 0.1) is 0 Å².